The Bertz CT molecular complexity index is 1100. The molecule has 0 radical (unpaired) electrons. The first-order valence-electron chi connectivity index (χ1n) is 8.55. The third-order valence-corrected chi connectivity index (χ3v) is 4.34. The third-order valence-electron chi connectivity index (χ3n) is 4.34. The molecule has 1 aliphatic heterocycles. The predicted molar refractivity (Wildman–Crippen MR) is 104 cm³/mol. The number of fused-ring (bicyclic) bond motifs is 1. The number of nitriles is 1. The van der Waals surface area contributed by atoms with E-state index in [1.807, 2.05) is 60.7 Å². The van der Waals surface area contributed by atoms with E-state index in [0.717, 1.165) is 11.0 Å². The van der Waals surface area contributed by atoms with Crippen LogP contribution in [0.2, 0.25) is 0 Å². The molecule has 4 rings (SSSR count). The van der Waals surface area contributed by atoms with Crippen LogP contribution >= 0.6 is 0 Å². The number of carbonyl (C=O) groups excluding carboxylic acids is 1. The Morgan fingerprint density at radius 3 is 2.63 bits per heavy atom. The average molecular weight is 352 g/mol. The van der Waals surface area contributed by atoms with Gasteiger partial charge in [-0.1, -0.05) is 48.5 Å². The average Bonchev–Trinajstić information content (AvgIpc) is 3.14. The zero-order valence-corrected chi connectivity index (χ0v) is 14.5. The first-order valence-corrected chi connectivity index (χ1v) is 8.55. The number of aromatic nitrogens is 2. The summed E-state index contributed by atoms with van der Waals surface area (Å²) in [6.45, 7) is 0.144. The van der Waals surface area contributed by atoms with Crippen molar-refractivity contribution in [2.24, 2.45) is 0 Å². The number of carbonyl (C=O) groups is 1. The lowest BCUT2D eigenvalue weighted by Gasteiger charge is -2.23. The molecule has 5 heteroatoms. The molecule has 130 valence electrons. The Labute approximate surface area is 156 Å². The van der Waals surface area contributed by atoms with Crippen LogP contribution in [0, 0.1) is 11.3 Å². The van der Waals surface area contributed by atoms with Crippen LogP contribution in [0.15, 0.2) is 84.7 Å². The van der Waals surface area contributed by atoms with Gasteiger partial charge in [0, 0.05) is 11.8 Å². The second-order valence-electron chi connectivity index (χ2n) is 6.09. The van der Waals surface area contributed by atoms with Crippen molar-refractivity contribution in [2.45, 2.75) is 0 Å². The maximum Gasteiger partial charge on any atom is 0.182 e. The highest BCUT2D eigenvalue weighted by atomic mass is 16.1. The second-order valence-corrected chi connectivity index (χ2v) is 6.09. The summed E-state index contributed by atoms with van der Waals surface area (Å²) >= 11 is 0. The van der Waals surface area contributed by atoms with E-state index in [0.29, 0.717) is 22.7 Å². The maximum atomic E-state index is 12.6. The zero-order chi connectivity index (χ0) is 18.6. The number of rotatable bonds is 4. The molecule has 5 nitrogen and oxygen atoms in total. The maximum absolute atomic E-state index is 12.6. The smallest absolute Gasteiger partial charge is 0.182 e. The van der Waals surface area contributed by atoms with Crippen molar-refractivity contribution >= 4 is 22.4 Å². The van der Waals surface area contributed by atoms with Crippen LogP contribution in [0.25, 0.3) is 16.6 Å². The Hall–Kier alpha value is -3.91. The fraction of sp³-hybridized carbons (Fsp3) is 0.0455. The fourth-order valence-electron chi connectivity index (χ4n) is 3.01. The minimum atomic E-state index is -0.0186. The van der Waals surface area contributed by atoms with Crippen LogP contribution in [0.4, 0.5) is 0 Å². The summed E-state index contributed by atoms with van der Waals surface area (Å²) < 4.78 is 0. The molecule has 1 N–H and O–H groups in total. The molecule has 1 aromatic heterocycles. The van der Waals surface area contributed by atoms with Crippen molar-refractivity contribution < 1.29 is 4.79 Å². The fourth-order valence-corrected chi connectivity index (χ4v) is 3.01. The van der Waals surface area contributed by atoms with Crippen LogP contribution < -0.4 is 0 Å². The van der Waals surface area contributed by atoms with E-state index in [1.165, 1.54) is 0 Å². The molecule has 0 bridgehead atoms. The van der Waals surface area contributed by atoms with Gasteiger partial charge in [-0.15, -0.1) is 0 Å². The Balaban J connectivity index is 1.71. The van der Waals surface area contributed by atoms with E-state index in [9.17, 15) is 10.1 Å². The SMILES string of the molecule is N#C/C(=C1/C=CC=CN1CC(=O)c1ccccc1)c1nc2ccccc2[nH]1. The van der Waals surface area contributed by atoms with Gasteiger partial charge in [0.2, 0.25) is 0 Å². The van der Waals surface area contributed by atoms with Gasteiger partial charge in [-0.2, -0.15) is 5.26 Å². The lowest BCUT2D eigenvalue weighted by molar-refractivity contribution is 0.0967. The minimum Gasteiger partial charge on any atom is -0.339 e. The molecule has 2 heterocycles. The summed E-state index contributed by atoms with van der Waals surface area (Å²) in [5.41, 5.74) is 3.34. The molecule has 0 fully saturated rings. The molecular weight excluding hydrogens is 336 g/mol. The first-order chi connectivity index (χ1) is 13.3. The number of hydrogen-bond donors (Lipinski definition) is 1. The second kappa shape index (κ2) is 7.14. The van der Waals surface area contributed by atoms with E-state index in [-0.39, 0.29) is 12.3 Å². The molecule has 0 atom stereocenters. The van der Waals surface area contributed by atoms with Gasteiger partial charge in [-0.3, -0.25) is 4.79 Å². The summed E-state index contributed by atoms with van der Waals surface area (Å²) in [5, 5.41) is 9.79. The van der Waals surface area contributed by atoms with Gasteiger partial charge >= 0.3 is 0 Å². The number of para-hydroxylation sites is 2. The van der Waals surface area contributed by atoms with Crippen LogP contribution in [0.1, 0.15) is 16.2 Å². The highest BCUT2D eigenvalue weighted by molar-refractivity contribution is 5.98. The van der Waals surface area contributed by atoms with Gasteiger partial charge in [-0.05, 0) is 24.3 Å². The number of imidazole rings is 1. The molecule has 27 heavy (non-hydrogen) atoms. The Morgan fingerprint density at radius 2 is 1.85 bits per heavy atom. The number of nitrogens with zero attached hydrogens (tertiary/aromatic N) is 3. The highest BCUT2D eigenvalue weighted by Crippen LogP contribution is 2.25. The Kier molecular flexibility index (Phi) is 4.38. The van der Waals surface area contributed by atoms with Crippen LogP contribution in [0.5, 0.6) is 0 Å². The molecule has 0 aliphatic carbocycles. The molecule has 0 saturated heterocycles. The Morgan fingerprint density at radius 1 is 1.07 bits per heavy atom. The number of Topliss-reactive ketones (excluding diaryl/α,β-unsaturated/α-hetero) is 1. The summed E-state index contributed by atoms with van der Waals surface area (Å²) in [7, 11) is 0. The van der Waals surface area contributed by atoms with E-state index in [2.05, 4.69) is 16.0 Å². The monoisotopic (exact) mass is 352 g/mol. The highest BCUT2D eigenvalue weighted by Gasteiger charge is 2.20. The van der Waals surface area contributed by atoms with E-state index in [1.54, 1.807) is 23.2 Å². The van der Waals surface area contributed by atoms with E-state index >= 15 is 0 Å². The van der Waals surface area contributed by atoms with Gasteiger partial charge in [0.25, 0.3) is 0 Å². The quantitative estimate of drug-likeness (QED) is 0.567. The lowest BCUT2D eigenvalue weighted by atomic mass is 10.1. The summed E-state index contributed by atoms with van der Waals surface area (Å²) in [6.07, 6.45) is 7.31. The molecule has 2 aromatic carbocycles. The lowest BCUT2D eigenvalue weighted by Crippen LogP contribution is -2.26. The van der Waals surface area contributed by atoms with E-state index < -0.39 is 0 Å². The number of ketones is 1. The molecule has 1 aliphatic rings. The van der Waals surface area contributed by atoms with E-state index in [4.69, 9.17) is 0 Å². The van der Waals surface area contributed by atoms with Crippen molar-refractivity contribution in [1.82, 2.24) is 14.9 Å². The zero-order valence-electron chi connectivity index (χ0n) is 14.5. The number of nitrogens with one attached hydrogen (secondary N) is 1. The van der Waals surface area contributed by atoms with Crippen molar-refractivity contribution in [1.29, 1.82) is 5.26 Å². The first kappa shape index (κ1) is 16.6. The van der Waals surface area contributed by atoms with Gasteiger partial charge in [0.1, 0.15) is 11.6 Å². The largest absolute Gasteiger partial charge is 0.339 e. The van der Waals surface area contributed by atoms with Gasteiger partial charge in [-0.25, -0.2) is 4.98 Å². The van der Waals surface area contributed by atoms with Crippen LogP contribution in [0.3, 0.4) is 0 Å². The summed E-state index contributed by atoms with van der Waals surface area (Å²) in [5.74, 6) is 0.473. The molecular formula is C22H16N4O. The van der Waals surface area contributed by atoms with Crippen molar-refractivity contribution in [2.75, 3.05) is 6.54 Å². The number of aromatic amines is 1. The van der Waals surface area contributed by atoms with Crippen LogP contribution in [-0.4, -0.2) is 27.2 Å². The summed E-state index contributed by atoms with van der Waals surface area (Å²) in [6, 6.07) is 19.0. The number of allylic oxidation sites excluding steroid dienone is 4. The molecule has 0 saturated carbocycles. The molecule has 3 aromatic rings. The van der Waals surface area contributed by atoms with Crippen molar-refractivity contribution in [3.8, 4) is 6.07 Å². The molecule has 0 spiro atoms. The summed E-state index contributed by atoms with van der Waals surface area (Å²) in [4.78, 5) is 22.1. The standard InChI is InChI=1S/C22H16N4O/c23-14-17(22-24-18-10-4-5-11-19(18)25-22)20-12-6-7-13-26(20)15-21(27)16-8-2-1-3-9-16/h1-13H,15H2,(H,24,25)/b20-17+. The van der Waals surface area contributed by atoms with Crippen molar-refractivity contribution in [3.05, 3.63) is 96.1 Å². The van der Waals surface area contributed by atoms with Crippen LogP contribution in [-0.2, 0) is 0 Å². The predicted octanol–water partition coefficient (Wildman–Crippen LogP) is 4.07. The third kappa shape index (κ3) is 3.29. The topological polar surface area (TPSA) is 72.8 Å². The molecule has 0 unspecified atom stereocenters. The number of H-pyrrole nitrogens is 1. The van der Waals surface area contributed by atoms with Crippen molar-refractivity contribution in [3.63, 3.8) is 0 Å². The minimum absolute atomic E-state index is 0.0186. The normalized spacial score (nSPS) is 15.0. The number of benzene rings is 2. The molecule has 0 amide bonds. The number of hydrogen-bond acceptors (Lipinski definition) is 4. The van der Waals surface area contributed by atoms with Gasteiger partial charge in [0.05, 0.1) is 23.3 Å². The van der Waals surface area contributed by atoms with Gasteiger partial charge < -0.3 is 9.88 Å². The van der Waals surface area contributed by atoms with Gasteiger partial charge in [0.15, 0.2) is 11.6 Å².